The van der Waals surface area contributed by atoms with Crippen LogP contribution in [0.3, 0.4) is 0 Å². The van der Waals surface area contributed by atoms with E-state index >= 15 is 0 Å². The van der Waals surface area contributed by atoms with E-state index in [4.69, 9.17) is 0 Å². The van der Waals surface area contributed by atoms with Gasteiger partial charge in [-0.05, 0) is 29.0 Å². The molecule has 0 unspecified atom stereocenters. The van der Waals surface area contributed by atoms with Gasteiger partial charge in [0.2, 0.25) is 0 Å². The third-order valence-corrected chi connectivity index (χ3v) is 3.26. The number of hydrogen-bond donors (Lipinski definition) is 3. The summed E-state index contributed by atoms with van der Waals surface area (Å²) >= 11 is 13.0. The van der Waals surface area contributed by atoms with E-state index in [0.717, 1.165) is 25.5 Å². The van der Waals surface area contributed by atoms with Crippen LogP contribution in [-0.2, 0) is 0 Å². The van der Waals surface area contributed by atoms with Crippen LogP contribution in [0.2, 0.25) is 0 Å². The molecule has 0 aliphatic carbocycles. The van der Waals surface area contributed by atoms with Gasteiger partial charge < -0.3 is 0 Å². The zero-order valence-electron chi connectivity index (χ0n) is 6.73. The molecule has 2 rings (SSSR count). The van der Waals surface area contributed by atoms with Gasteiger partial charge in [0.25, 0.3) is 0 Å². The lowest BCUT2D eigenvalue weighted by molar-refractivity contribution is 1.32. The summed E-state index contributed by atoms with van der Waals surface area (Å²) in [5.74, 6) is 0. The Morgan fingerprint density at radius 2 is 1.62 bits per heavy atom. The Morgan fingerprint density at radius 3 is 2.38 bits per heavy atom. The van der Waals surface area contributed by atoms with Crippen molar-refractivity contribution in [1.29, 1.82) is 0 Å². The van der Waals surface area contributed by atoms with E-state index in [1.54, 1.807) is 0 Å². The minimum atomic E-state index is 0.905. The van der Waals surface area contributed by atoms with E-state index in [2.05, 4.69) is 37.9 Å². The molecule has 0 nitrogen and oxygen atoms in total. The largest absolute Gasteiger partial charge is 0.143 e. The summed E-state index contributed by atoms with van der Waals surface area (Å²) < 4.78 is 0. The number of hydrogen-bond acceptors (Lipinski definition) is 3. The molecule has 0 saturated carbocycles. The fourth-order valence-corrected chi connectivity index (χ4v) is 1.98. The van der Waals surface area contributed by atoms with E-state index in [-0.39, 0.29) is 0 Å². The second-order valence-corrected chi connectivity index (χ2v) is 4.28. The Balaban J connectivity index is 2.87. The van der Waals surface area contributed by atoms with Crippen molar-refractivity contribution < 1.29 is 0 Å². The zero-order chi connectivity index (χ0) is 9.42. The van der Waals surface area contributed by atoms with Crippen LogP contribution >= 0.6 is 37.9 Å². The first-order chi connectivity index (χ1) is 6.18. The Bertz CT molecular complexity index is 463. The zero-order valence-corrected chi connectivity index (χ0v) is 9.41. The lowest BCUT2D eigenvalue weighted by atomic mass is 10.1. The Morgan fingerprint density at radius 1 is 0.846 bits per heavy atom. The van der Waals surface area contributed by atoms with Gasteiger partial charge in [-0.3, -0.25) is 0 Å². The van der Waals surface area contributed by atoms with E-state index in [0.29, 0.717) is 0 Å². The van der Waals surface area contributed by atoms with Gasteiger partial charge in [0.1, 0.15) is 0 Å². The third-order valence-electron chi connectivity index (χ3n) is 1.95. The quantitative estimate of drug-likeness (QED) is 0.558. The molecule has 0 radical (unpaired) electrons. The predicted molar refractivity (Wildman–Crippen MR) is 65.7 cm³/mol. The summed E-state index contributed by atoms with van der Waals surface area (Å²) in [4.78, 5) is 2.80. The molecule has 0 bridgehead atoms. The van der Waals surface area contributed by atoms with Crippen molar-refractivity contribution in [1.82, 2.24) is 0 Å². The van der Waals surface area contributed by atoms with Crippen LogP contribution in [-0.4, -0.2) is 0 Å². The van der Waals surface area contributed by atoms with Gasteiger partial charge in [-0.1, -0.05) is 12.1 Å². The van der Waals surface area contributed by atoms with Crippen LogP contribution in [0.1, 0.15) is 0 Å². The van der Waals surface area contributed by atoms with Gasteiger partial charge in [-0.15, -0.1) is 37.9 Å². The van der Waals surface area contributed by atoms with Gasteiger partial charge in [0.05, 0.1) is 0 Å². The smallest absolute Gasteiger partial charge is 0.0253 e. The molecule has 0 atom stereocenters. The van der Waals surface area contributed by atoms with Crippen LogP contribution in [0, 0.1) is 0 Å². The summed E-state index contributed by atoms with van der Waals surface area (Å²) in [6.45, 7) is 0. The second-order valence-electron chi connectivity index (χ2n) is 2.84. The van der Waals surface area contributed by atoms with Crippen molar-refractivity contribution >= 4 is 48.7 Å². The van der Waals surface area contributed by atoms with E-state index in [9.17, 15) is 0 Å². The first-order valence-electron chi connectivity index (χ1n) is 3.82. The van der Waals surface area contributed by atoms with Crippen molar-refractivity contribution in [3.63, 3.8) is 0 Å². The maximum absolute atomic E-state index is 4.40. The molecule has 13 heavy (non-hydrogen) atoms. The lowest BCUT2D eigenvalue weighted by Crippen LogP contribution is -1.77. The highest BCUT2D eigenvalue weighted by Gasteiger charge is 2.00. The molecule has 0 aliphatic rings. The third kappa shape index (κ3) is 1.68. The standard InChI is InChI=1S/C10H8S3/c11-7-2-3-8-6(5-7)1-4-9(12)10(8)13/h1-5,11-13H. The fourth-order valence-electron chi connectivity index (χ4n) is 1.29. The normalized spacial score (nSPS) is 10.7. The highest BCUT2D eigenvalue weighted by molar-refractivity contribution is 7.83. The van der Waals surface area contributed by atoms with Gasteiger partial charge in [-0.25, -0.2) is 0 Å². The topological polar surface area (TPSA) is 0 Å². The first-order valence-corrected chi connectivity index (χ1v) is 5.16. The van der Waals surface area contributed by atoms with Crippen molar-refractivity contribution in [2.45, 2.75) is 14.7 Å². The molecule has 3 heteroatoms. The van der Waals surface area contributed by atoms with E-state index in [1.807, 2.05) is 30.3 Å². The number of thiol groups is 3. The summed E-state index contributed by atoms with van der Waals surface area (Å²) in [6, 6.07) is 9.96. The maximum atomic E-state index is 4.40. The molecular weight excluding hydrogens is 216 g/mol. The van der Waals surface area contributed by atoms with E-state index in [1.165, 1.54) is 0 Å². The summed E-state index contributed by atoms with van der Waals surface area (Å²) in [5, 5.41) is 2.27. The summed E-state index contributed by atoms with van der Waals surface area (Å²) in [6.07, 6.45) is 0. The van der Waals surface area contributed by atoms with Crippen LogP contribution in [0.25, 0.3) is 10.8 Å². The Labute approximate surface area is 93.6 Å². The summed E-state index contributed by atoms with van der Waals surface area (Å²) in [7, 11) is 0. The maximum Gasteiger partial charge on any atom is 0.0253 e. The lowest BCUT2D eigenvalue weighted by Gasteiger charge is -2.04. The molecular formula is C10H8S3. The predicted octanol–water partition coefficient (Wildman–Crippen LogP) is 3.71. The molecule has 0 amide bonds. The van der Waals surface area contributed by atoms with Gasteiger partial charge in [0.15, 0.2) is 0 Å². The SMILES string of the molecule is Sc1ccc2c(S)c(S)ccc2c1. The molecule has 0 aromatic heterocycles. The monoisotopic (exact) mass is 224 g/mol. The second kappa shape index (κ2) is 3.48. The van der Waals surface area contributed by atoms with Gasteiger partial charge in [-0.2, -0.15) is 0 Å². The summed E-state index contributed by atoms with van der Waals surface area (Å²) in [5.41, 5.74) is 0. The molecule has 0 heterocycles. The molecule has 66 valence electrons. The number of rotatable bonds is 0. The molecule has 0 spiro atoms. The van der Waals surface area contributed by atoms with Crippen LogP contribution < -0.4 is 0 Å². The van der Waals surface area contributed by atoms with Crippen molar-refractivity contribution in [3.8, 4) is 0 Å². The average molecular weight is 224 g/mol. The molecule has 0 N–H and O–H groups in total. The highest BCUT2D eigenvalue weighted by atomic mass is 32.1. The van der Waals surface area contributed by atoms with Gasteiger partial charge in [0, 0.05) is 14.7 Å². The van der Waals surface area contributed by atoms with Crippen molar-refractivity contribution in [3.05, 3.63) is 30.3 Å². The first kappa shape index (κ1) is 9.31. The Kier molecular flexibility index (Phi) is 2.49. The molecule has 2 aromatic rings. The van der Waals surface area contributed by atoms with Crippen LogP contribution in [0.5, 0.6) is 0 Å². The molecule has 0 fully saturated rings. The van der Waals surface area contributed by atoms with Gasteiger partial charge >= 0.3 is 0 Å². The van der Waals surface area contributed by atoms with Crippen molar-refractivity contribution in [2.24, 2.45) is 0 Å². The average Bonchev–Trinajstić information content (AvgIpc) is 2.12. The number of benzene rings is 2. The minimum Gasteiger partial charge on any atom is -0.143 e. The van der Waals surface area contributed by atoms with Crippen molar-refractivity contribution in [2.75, 3.05) is 0 Å². The Hall–Kier alpha value is -0.250. The molecule has 0 saturated heterocycles. The molecule has 2 aromatic carbocycles. The van der Waals surface area contributed by atoms with Crippen LogP contribution in [0.4, 0.5) is 0 Å². The minimum absolute atomic E-state index is 0.905. The van der Waals surface area contributed by atoms with Crippen LogP contribution in [0.15, 0.2) is 45.0 Å². The molecule has 0 aliphatic heterocycles. The fraction of sp³-hybridized carbons (Fsp3) is 0. The number of fused-ring (bicyclic) bond motifs is 1. The highest BCUT2D eigenvalue weighted by Crippen LogP contribution is 2.29. The van der Waals surface area contributed by atoms with E-state index < -0.39 is 0 Å².